The van der Waals surface area contributed by atoms with Crippen LogP contribution in [0.2, 0.25) is 0 Å². The molecular formula is C19H23FN2O3S. The Morgan fingerprint density at radius 1 is 1.35 bits per heavy atom. The molecule has 1 aliphatic rings. The lowest BCUT2D eigenvalue weighted by molar-refractivity contribution is -0.151. The lowest BCUT2D eigenvalue weighted by Gasteiger charge is -2.33. The Kier molecular flexibility index (Phi) is 6.57. The minimum atomic E-state index is -0.286. The van der Waals surface area contributed by atoms with E-state index in [1.165, 1.54) is 23.5 Å². The summed E-state index contributed by atoms with van der Waals surface area (Å²) < 4.78 is 23.7. The largest absolute Gasteiger partial charge is 0.486 e. The summed E-state index contributed by atoms with van der Waals surface area (Å²) in [6.07, 6.45) is 2.97. The zero-order valence-electron chi connectivity index (χ0n) is 14.8. The van der Waals surface area contributed by atoms with Gasteiger partial charge in [-0.2, -0.15) is 0 Å². The first-order valence-electron chi connectivity index (χ1n) is 8.88. The first-order valence-corrected chi connectivity index (χ1v) is 9.76. The summed E-state index contributed by atoms with van der Waals surface area (Å²) >= 11 is 1.53. The van der Waals surface area contributed by atoms with Crippen LogP contribution >= 0.6 is 11.3 Å². The molecule has 1 atom stereocenters. The van der Waals surface area contributed by atoms with Crippen molar-refractivity contribution in [3.05, 3.63) is 46.2 Å². The molecular weight excluding hydrogens is 355 g/mol. The monoisotopic (exact) mass is 378 g/mol. The predicted octanol–water partition coefficient (Wildman–Crippen LogP) is 3.78. The number of esters is 1. The van der Waals surface area contributed by atoms with Crippen molar-refractivity contribution in [3.63, 3.8) is 0 Å². The Balaban J connectivity index is 1.56. The molecule has 1 saturated heterocycles. The highest BCUT2D eigenvalue weighted by Crippen LogP contribution is 2.22. The van der Waals surface area contributed by atoms with E-state index in [0.717, 1.165) is 36.5 Å². The number of thiazole rings is 1. The van der Waals surface area contributed by atoms with E-state index in [-0.39, 0.29) is 17.8 Å². The maximum absolute atomic E-state index is 12.9. The van der Waals surface area contributed by atoms with E-state index < -0.39 is 0 Å². The number of ether oxygens (including phenoxy) is 2. The van der Waals surface area contributed by atoms with Gasteiger partial charge >= 0.3 is 5.97 Å². The smallest absolute Gasteiger partial charge is 0.323 e. The van der Waals surface area contributed by atoms with Gasteiger partial charge in [0.15, 0.2) is 0 Å². The van der Waals surface area contributed by atoms with Crippen molar-refractivity contribution in [2.45, 2.75) is 45.4 Å². The molecule has 26 heavy (non-hydrogen) atoms. The van der Waals surface area contributed by atoms with Gasteiger partial charge in [-0.15, -0.1) is 11.3 Å². The molecule has 0 radical (unpaired) electrons. The van der Waals surface area contributed by atoms with E-state index in [1.807, 2.05) is 12.3 Å². The maximum atomic E-state index is 12.9. The fourth-order valence-corrected chi connectivity index (χ4v) is 3.75. The first-order chi connectivity index (χ1) is 12.7. The van der Waals surface area contributed by atoms with Crippen LogP contribution in [0.15, 0.2) is 29.6 Å². The third-order valence-electron chi connectivity index (χ3n) is 4.31. The molecule has 7 heteroatoms. The fraction of sp³-hybridized carbons (Fsp3) is 0.474. The number of piperidine rings is 1. The first kappa shape index (κ1) is 18.8. The SMILES string of the molecule is CCOC(=O)C1CCCCN1Cc1csc(COc2ccc(F)cc2)n1. The summed E-state index contributed by atoms with van der Waals surface area (Å²) in [5.74, 6) is 0.190. The highest BCUT2D eigenvalue weighted by atomic mass is 32.1. The van der Waals surface area contributed by atoms with E-state index >= 15 is 0 Å². The molecule has 140 valence electrons. The van der Waals surface area contributed by atoms with Crippen LogP contribution in [0, 0.1) is 5.82 Å². The highest BCUT2D eigenvalue weighted by Gasteiger charge is 2.30. The molecule has 0 saturated carbocycles. The summed E-state index contributed by atoms with van der Waals surface area (Å²) in [5.41, 5.74) is 0.934. The zero-order chi connectivity index (χ0) is 18.4. The second-order valence-electron chi connectivity index (χ2n) is 6.21. The second-order valence-corrected chi connectivity index (χ2v) is 7.15. The van der Waals surface area contributed by atoms with Crippen molar-refractivity contribution in [1.29, 1.82) is 0 Å². The molecule has 1 aromatic carbocycles. The lowest BCUT2D eigenvalue weighted by atomic mass is 10.0. The molecule has 2 heterocycles. The Morgan fingerprint density at radius 3 is 2.92 bits per heavy atom. The number of carbonyl (C=O) groups is 1. The topological polar surface area (TPSA) is 51.7 Å². The van der Waals surface area contributed by atoms with E-state index in [2.05, 4.69) is 9.88 Å². The molecule has 0 N–H and O–H groups in total. The van der Waals surface area contributed by atoms with Crippen molar-refractivity contribution < 1.29 is 18.7 Å². The van der Waals surface area contributed by atoms with Crippen LogP contribution in [0.25, 0.3) is 0 Å². The van der Waals surface area contributed by atoms with Crippen molar-refractivity contribution in [2.75, 3.05) is 13.2 Å². The number of rotatable bonds is 7. The fourth-order valence-electron chi connectivity index (χ4n) is 3.06. The van der Waals surface area contributed by atoms with E-state index in [9.17, 15) is 9.18 Å². The minimum Gasteiger partial charge on any atom is -0.486 e. The van der Waals surface area contributed by atoms with Gasteiger partial charge < -0.3 is 9.47 Å². The molecule has 1 aromatic heterocycles. The summed E-state index contributed by atoms with van der Waals surface area (Å²) in [6, 6.07) is 5.76. The van der Waals surface area contributed by atoms with Crippen LogP contribution in [-0.2, 0) is 22.7 Å². The number of hydrogen-bond donors (Lipinski definition) is 0. The molecule has 0 spiro atoms. The zero-order valence-corrected chi connectivity index (χ0v) is 15.6. The molecule has 0 amide bonds. The summed E-state index contributed by atoms with van der Waals surface area (Å²) in [7, 11) is 0. The van der Waals surface area contributed by atoms with Crippen LogP contribution in [0.3, 0.4) is 0 Å². The Labute approximate surface area is 156 Å². The maximum Gasteiger partial charge on any atom is 0.323 e. The number of halogens is 1. The van der Waals surface area contributed by atoms with Gasteiger partial charge in [0.05, 0.1) is 12.3 Å². The lowest BCUT2D eigenvalue weighted by Crippen LogP contribution is -2.45. The molecule has 5 nitrogen and oxygen atoms in total. The van der Waals surface area contributed by atoms with Crippen molar-refractivity contribution in [1.82, 2.24) is 9.88 Å². The van der Waals surface area contributed by atoms with Gasteiger partial charge in [-0.3, -0.25) is 9.69 Å². The number of benzene rings is 1. The molecule has 1 aliphatic heterocycles. The number of carbonyl (C=O) groups excluding carboxylic acids is 1. The molecule has 1 fully saturated rings. The van der Waals surface area contributed by atoms with Gasteiger partial charge in [0.2, 0.25) is 0 Å². The van der Waals surface area contributed by atoms with Crippen molar-refractivity contribution >= 4 is 17.3 Å². The molecule has 0 aliphatic carbocycles. The average molecular weight is 378 g/mol. The number of nitrogens with zero attached hydrogens (tertiary/aromatic N) is 2. The molecule has 2 aromatic rings. The van der Waals surface area contributed by atoms with Crippen LogP contribution in [0.4, 0.5) is 4.39 Å². The third-order valence-corrected chi connectivity index (χ3v) is 5.18. The van der Waals surface area contributed by atoms with E-state index in [1.54, 1.807) is 12.1 Å². The highest BCUT2D eigenvalue weighted by molar-refractivity contribution is 7.09. The van der Waals surface area contributed by atoms with Crippen molar-refractivity contribution in [3.8, 4) is 5.75 Å². The number of aromatic nitrogens is 1. The molecule has 3 rings (SSSR count). The predicted molar refractivity (Wildman–Crippen MR) is 97.5 cm³/mol. The third kappa shape index (κ3) is 5.02. The van der Waals surface area contributed by atoms with Crippen LogP contribution in [0.1, 0.15) is 36.9 Å². The van der Waals surface area contributed by atoms with Crippen LogP contribution in [0.5, 0.6) is 5.75 Å². The van der Waals surface area contributed by atoms with Crippen LogP contribution < -0.4 is 4.74 Å². The average Bonchev–Trinajstić information content (AvgIpc) is 3.09. The second kappa shape index (κ2) is 9.09. The minimum absolute atomic E-state index is 0.137. The summed E-state index contributed by atoms with van der Waals surface area (Å²) in [5, 5.41) is 2.86. The summed E-state index contributed by atoms with van der Waals surface area (Å²) in [4.78, 5) is 18.9. The standard InChI is InChI=1S/C19H23FN2O3S/c1-2-24-19(23)17-5-3-4-10-22(17)11-15-13-26-18(21-15)12-25-16-8-6-14(20)7-9-16/h6-9,13,17H,2-5,10-12H2,1H3. The van der Waals surface area contributed by atoms with E-state index in [4.69, 9.17) is 9.47 Å². The van der Waals surface area contributed by atoms with E-state index in [0.29, 0.717) is 25.5 Å². The van der Waals surface area contributed by atoms with Crippen LogP contribution in [-0.4, -0.2) is 35.0 Å². The number of hydrogen-bond acceptors (Lipinski definition) is 6. The van der Waals surface area contributed by atoms with Gasteiger partial charge in [0.1, 0.15) is 29.2 Å². The van der Waals surface area contributed by atoms with Crippen molar-refractivity contribution in [2.24, 2.45) is 0 Å². The van der Waals surface area contributed by atoms with Gasteiger partial charge in [-0.1, -0.05) is 6.42 Å². The molecule has 1 unspecified atom stereocenters. The summed E-state index contributed by atoms with van der Waals surface area (Å²) in [6.45, 7) is 4.10. The Bertz CT molecular complexity index is 720. The van der Waals surface area contributed by atoms with Gasteiger partial charge in [0.25, 0.3) is 0 Å². The Morgan fingerprint density at radius 2 is 2.15 bits per heavy atom. The quantitative estimate of drug-likeness (QED) is 0.687. The number of likely N-dealkylation sites (tertiary alicyclic amines) is 1. The van der Waals surface area contributed by atoms with Gasteiger partial charge in [0, 0.05) is 11.9 Å². The normalized spacial score (nSPS) is 17.8. The Hall–Kier alpha value is -1.99. The van der Waals surface area contributed by atoms with Gasteiger partial charge in [-0.05, 0) is 50.6 Å². The van der Waals surface area contributed by atoms with Gasteiger partial charge in [-0.25, -0.2) is 9.37 Å². The molecule has 0 bridgehead atoms.